The van der Waals surface area contributed by atoms with Crippen LogP contribution in [-0.4, -0.2) is 24.6 Å². The third-order valence-corrected chi connectivity index (χ3v) is 8.82. The summed E-state index contributed by atoms with van der Waals surface area (Å²) in [5, 5.41) is 0. The van der Waals surface area contributed by atoms with Gasteiger partial charge in [0.25, 0.3) is 0 Å². The molecule has 0 aliphatic heterocycles. The van der Waals surface area contributed by atoms with Crippen LogP contribution < -0.4 is 17.0 Å². The van der Waals surface area contributed by atoms with Crippen LogP contribution in [0.25, 0.3) is 0 Å². The molecule has 0 aromatic heterocycles. The molecule has 0 spiro atoms. The van der Waals surface area contributed by atoms with Crippen molar-refractivity contribution >= 4 is 7.49 Å². The van der Waals surface area contributed by atoms with Crippen molar-refractivity contribution in [2.75, 3.05) is 18.5 Å². The van der Waals surface area contributed by atoms with Crippen LogP contribution in [0.3, 0.4) is 0 Å². The van der Waals surface area contributed by atoms with Gasteiger partial charge in [-0.25, -0.2) is 4.52 Å². The van der Waals surface area contributed by atoms with E-state index in [4.69, 9.17) is 4.52 Å². The fourth-order valence-corrected chi connectivity index (χ4v) is 7.83. The highest BCUT2D eigenvalue weighted by Crippen LogP contribution is 2.63. The summed E-state index contributed by atoms with van der Waals surface area (Å²) in [6.45, 7) is 6.98. The minimum absolute atomic E-state index is 0. The number of halogens is 1. The molecule has 21 heavy (non-hydrogen) atoms. The van der Waals surface area contributed by atoms with Crippen molar-refractivity contribution < 1.29 is 21.5 Å². The van der Waals surface area contributed by atoms with Crippen molar-refractivity contribution in [3.63, 3.8) is 0 Å². The van der Waals surface area contributed by atoms with Gasteiger partial charge in [0.15, 0.2) is 0 Å². The Kier molecular flexibility index (Phi) is 13.9. The molecule has 1 fully saturated rings. The maximum Gasteiger partial charge on any atom is 0.146 e. The largest absolute Gasteiger partial charge is 1.00 e. The Morgan fingerprint density at radius 3 is 1.57 bits per heavy atom. The number of hydrogen-bond acceptors (Lipinski definition) is 1. The first kappa shape index (κ1) is 21.9. The second-order valence-electron chi connectivity index (χ2n) is 6.66. The van der Waals surface area contributed by atoms with Crippen LogP contribution in [0.5, 0.6) is 0 Å². The first-order valence-electron chi connectivity index (χ1n) is 9.30. The summed E-state index contributed by atoms with van der Waals surface area (Å²) in [5.41, 5.74) is 0. The fraction of sp³-hybridized carbons (Fsp3) is 1.00. The SMILES string of the molecule is CCCC[P+](CCCC)(CCCC)OC1CCCCC1.[Br-]. The van der Waals surface area contributed by atoms with E-state index in [2.05, 4.69) is 20.8 Å². The molecule has 0 saturated heterocycles. The van der Waals surface area contributed by atoms with Crippen LogP contribution >= 0.6 is 7.49 Å². The van der Waals surface area contributed by atoms with E-state index in [9.17, 15) is 0 Å². The Bertz CT molecular complexity index is 207. The lowest BCUT2D eigenvalue weighted by Crippen LogP contribution is -3.00. The molecule has 0 unspecified atom stereocenters. The first-order chi connectivity index (χ1) is 9.76. The molecule has 0 atom stereocenters. The smallest absolute Gasteiger partial charge is 0.146 e. The summed E-state index contributed by atoms with van der Waals surface area (Å²) < 4.78 is 6.90. The van der Waals surface area contributed by atoms with Gasteiger partial charge in [-0.3, -0.25) is 0 Å². The standard InChI is InChI=1S/C18H38OP.BrH/c1-4-7-15-20(16-8-5-2,17-9-6-3)19-18-13-11-10-12-14-18;/h18H,4-17H2,1-3H3;1H/q+1;/p-1. The maximum absolute atomic E-state index is 6.90. The first-order valence-corrected chi connectivity index (χ1v) is 11.6. The van der Waals surface area contributed by atoms with Crippen LogP contribution in [0.2, 0.25) is 0 Å². The molecule has 0 radical (unpaired) electrons. The molecule has 128 valence electrons. The van der Waals surface area contributed by atoms with E-state index in [1.54, 1.807) is 0 Å². The predicted octanol–water partition coefficient (Wildman–Crippen LogP) is 3.67. The van der Waals surface area contributed by atoms with E-state index in [0.29, 0.717) is 6.10 Å². The third-order valence-electron chi connectivity index (χ3n) is 4.68. The van der Waals surface area contributed by atoms with Crippen molar-refractivity contribution in [2.24, 2.45) is 0 Å². The summed E-state index contributed by atoms with van der Waals surface area (Å²) in [6.07, 6.45) is 19.9. The average Bonchev–Trinajstić information content (AvgIpc) is 2.49. The fourth-order valence-electron chi connectivity index (χ4n) is 3.32. The average molecular weight is 381 g/mol. The molecule has 0 heterocycles. The molecule has 0 bridgehead atoms. The molecule has 1 rings (SSSR count). The van der Waals surface area contributed by atoms with E-state index in [1.165, 1.54) is 89.1 Å². The Hall–Kier alpha value is 0.870. The van der Waals surface area contributed by atoms with Gasteiger partial charge in [-0.05, 0) is 32.1 Å². The zero-order valence-electron chi connectivity index (χ0n) is 14.7. The molecule has 0 aromatic carbocycles. The topological polar surface area (TPSA) is 9.23 Å². The lowest BCUT2D eigenvalue weighted by Gasteiger charge is -2.32. The van der Waals surface area contributed by atoms with Crippen molar-refractivity contribution in [2.45, 2.75) is 97.5 Å². The van der Waals surface area contributed by atoms with Crippen molar-refractivity contribution in [3.05, 3.63) is 0 Å². The van der Waals surface area contributed by atoms with E-state index in [-0.39, 0.29) is 17.0 Å². The molecule has 3 heteroatoms. The zero-order chi connectivity index (χ0) is 14.7. The number of hydrogen-bond donors (Lipinski definition) is 0. The molecule has 1 nitrogen and oxygen atoms in total. The molecule has 0 N–H and O–H groups in total. The van der Waals surface area contributed by atoms with Gasteiger partial charge < -0.3 is 17.0 Å². The highest BCUT2D eigenvalue weighted by molar-refractivity contribution is 7.71. The van der Waals surface area contributed by atoms with E-state index >= 15 is 0 Å². The molecule has 1 aliphatic carbocycles. The Morgan fingerprint density at radius 1 is 0.762 bits per heavy atom. The van der Waals surface area contributed by atoms with Crippen LogP contribution in [0.15, 0.2) is 0 Å². The quantitative estimate of drug-likeness (QED) is 0.496. The highest BCUT2D eigenvalue weighted by atomic mass is 79.9. The monoisotopic (exact) mass is 380 g/mol. The van der Waals surface area contributed by atoms with Gasteiger partial charge >= 0.3 is 0 Å². The van der Waals surface area contributed by atoms with E-state index in [1.807, 2.05) is 0 Å². The molecule has 0 aromatic rings. The van der Waals surface area contributed by atoms with E-state index < -0.39 is 7.49 Å². The number of unbranched alkanes of at least 4 members (excludes halogenated alkanes) is 3. The second kappa shape index (κ2) is 13.3. The Morgan fingerprint density at radius 2 is 1.19 bits per heavy atom. The zero-order valence-corrected chi connectivity index (χ0v) is 17.2. The molecular weight excluding hydrogens is 343 g/mol. The Balaban J connectivity index is 0.00000400. The Labute approximate surface area is 145 Å². The third kappa shape index (κ3) is 8.92. The van der Waals surface area contributed by atoms with Crippen LogP contribution in [-0.2, 0) is 4.52 Å². The van der Waals surface area contributed by atoms with Gasteiger partial charge in [-0.2, -0.15) is 0 Å². The minimum atomic E-state index is -1.11. The summed E-state index contributed by atoms with van der Waals surface area (Å²) in [6, 6.07) is 0. The van der Waals surface area contributed by atoms with Crippen molar-refractivity contribution in [1.82, 2.24) is 0 Å². The van der Waals surface area contributed by atoms with Gasteiger partial charge in [0.2, 0.25) is 0 Å². The maximum atomic E-state index is 6.90. The lowest BCUT2D eigenvalue weighted by molar-refractivity contribution is -0.00000626. The van der Waals surface area contributed by atoms with Crippen LogP contribution in [0.4, 0.5) is 0 Å². The van der Waals surface area contributed by atoms with Crippen molar-refractivity contribution in [1.29, 1.82) is 0 Å². The van der Waals surface area contributed by atoms with E-state index in [0.717, 1.165) is 0 Å². The summed E-state index contributed by atoms with van der Waals surface area (Å²) >= 11 is 0. The van der Waals surface area contributed by atoms with Gasteiger partial charge in [-0.15, -0.1) is 0 Å². The summed E-state index contributed by atoms with van der Waals surface area (Å²) in [5.74, 6) is 0. The predicted molar refractivity (Wildman–Crippen MR) is 94.2 cm³/mol. The normalized spacial score (nSPS) is 16.7. The van der Waals surface area contributed by atoms with Gasteiger partial charge in [0.05, 0.1) is 18.5 Å². The van der Waals surface area contributed by atoms with Crippen molar-refractivity contribution in [3.8, 4) is 0 Å². The lowest BCUT2D eigenvalue weighted by atomic mass is 9.98. The van der Waals surface area contributed by atoms with Crippen LogP contribution in [0.1, 0.15) is 91.4 Å². The van der Waals surface area contributed by atoms with Gasteiger partial charge in [-0.1, -0.05) is 59.3 Å². The van der Waals surface area contributed by atoms with Crippen LogP contribution in [0, 0.1) is 0 Å². The summed E-state index contributed by atoms with van der Waals surface area (Å²) in [4.78, 5) is 0. The molecular formula is C18H38BrOP. The summed E-state index contributed by atoms with van der Waals surface area (Å²) in [7, 11) is -1.11. The minimum Gasteiger partial charge on any atom is -1.00 e. The number of rotatable bonds is 11. The molecule has 1 aliphatic rings. The van der Waals surface area contributed by atoms with Gasteiger partial charge in [0.1, 0.15) is 13.6 Å². The van der Waals surface area contributed by atoms with Gasteiger partial charge in [0, 0.05) is 0 Å². The second-order valence-corrected chi connectivity index (χ2v) is 10.3. The highest BCUT2D eigenvalue weighted by Gasteiger charge is 2.40. The molecule has 1 saturated carbocycles. The molecule has 0 amide bonds.